The van der Waals surface area contributed by atoms with E-state index in [4.69, 9.17) is 4.42 Å². The summed E-state index contributed by atoms with van der Waals surface area (Å²) < 4.78 is 32.7. The number of nitrogens with zero attached hydrogens (tertiary/aromatic N) is 3. The number of furan rings is 1. The number of nitro groups is 1. The maximum Gasteiger partial charge on any atom is 0.293 e. The fourth-order valence-corrected chi connectivity index (χ4v) is 5.92. The summed E-state index contributed by atoms with van der Waals surface area (Å²) in [5.74, 6) is 0.116. The van der Waals surface area contributed by atoms with E-state index in [-0.39, 0.29) is 28.2 Å². The Morgan fingerprint density at radius 2 is 1.76 bits per heavy atom. The molecular formula is C22H28N4O6S. The third-order valence-corrected chi connectivity index (χ3v) is 8.14. The van der Waals surface area contributed by atoms with E-state index in [2.05, 4.69) is 5.32 Å². The molecule has 0 spiro atoms. The van der Waals surface area contributed by atoms with Crippen LogP contribution in [-0.4, -0.2) is 60.7 Å². The molecule has 1 N–H and O–H groups in total. The van der Waals surface area contributed by atoms with Crippen LogP contribution in [0.15, 0.2) is 45.9 Å². The molecule has 10 nitrogen and oxygen atoms in total. The van der Waals surface area contributed by atoms with Crippen LogP contribution in [-0.2, 0) is 10.0 Å². The van der Waals surface area contributed by atoms with E-state index in [1.165, 1.54) is 22.7 Å². The molecule has 4 rings (SSSR count). The Labute approximate surface area is 192 Å². The van der Waals surface area contributed by atoms with Crippen molar-refractivity contribution in [1.29, 1.82) is 0 Å². The van der Waals surface area contributed by atoms with Crippen molar-refractivity contribution in [3.8, 4) is 0 Å². The molecule has 0 atom stereocenters. The number of rotatable bonds is 6. The van der Waals surface area contributed by atoms with Crippen molar-refractivity contribution < 1.29 is 22.6 Å². The maximum atomic E-state index is 13.1. The van der Waals surface area contributed by atoms with Crippen molar-refractivity contribution >= 4 is 27.3 Å². The van der Waals surface area contributed by atoms with Crippen molar-refractivity contribution in [2.75, 3.05) is 31.5 Å². The number of likely N-dealkylation sites (tertiary alicyclic amines) is 1. The minimum atomic E-state index is -3.78. The topological polar surface area (TPSA) is 126 Å². The number of nitrogens with one attached hydrogen (secondary N) is 1. The molecule has 1 aromatic heterocycles. The van der Waals surface area contributed by atoms with Crippen molar-refractivity contribution in [1.82, 2.24) is 9.21 Å². The second-order valence-corrected chi connectivity index (χ2v) is 10.4. The Bertz CT molecular complexity index is 1090. The number of benzene rings is 1. The Balaban J connectivity index is 1.45. The smallest absolute Gasteiger partial charge is 0.293 e. The van der Waals surface area contributed by atoms with Crippen molar-refractivity contribution in [2.24, 2.45) is 0 Å². The van der Waals surface area contributed by atoms with Gasteiger partial charge in [-0.15, -0.1) is 0 Å². The van der Waals surface area contributed by atoms with E-state index >= 15 is 0 Å². The summed E-state index contributed by atoms with van der Waals surface area (Å²) in [6, 6.07) is 7.28. The average Bonchev–Trinajstić information content (AvgIpc) is 3.20. The Kier molecular flexibility index (Phi) is 6.99. The van der Waals surface area contributed by atoms with Crippen molar-refractivity contribution in [3.05, 3.63) is 52.5 Å². The predicted octanol–water partition coefficient (Wildman–Crippen LogP) is 3.47. The monoisotopic (exact) mass is 476 g/mol. The molecule has 3 heterocycles. The number of nitro benzene ring substituents is 1. The third kappa shape index (κ3) is 5.19. The highest BCUT2D eigenvalue weighted by Gasteiger charge is 2.30. The van der Waals surface area contributed by atoms with Crippen LogP contribution in [0.4, 0.5) is 11.4 Å². The largest absolute Gasteiger partial charge is 0.459 e. The van der Waals surface area contributed by atoms with Crippen LogP contribution in [0.3, 0.4) is 0 Å². The molecule has 2 saturated heterocycles. The van der Waals surface area contributed by atoms with Gasteiger partial charge in [0, 0.05) is 38.3 Å². The van der Waals surface area contributed by atoms with Gasteiger partial charge in [-0.2, -0.15) is 4.31 Å². The van der Waals surface area contributed by atoms with E-state index < -0.39 is 14.9 Å². The molecular weight excluding hydrogens is 448 g/mol. The highest BCUT2D eigenvalue weighted by molar-refractivity contribution is 7.89. The normalized spacial score (nSPS) is 18.6. The molecule has 11 heteroatoms. The molecule has 0 radical (unpaired) electrons. The zero-order chi connectivity index (χ0) is 23.4. The summed E-state index contributed by atoms with van der Waals surface area (Å²) in [4.78, 5) is 25.2. The van der Waals surface area contributed by atoms with Gasteiger partial charge in [0.1, 0.15) is 5.69 Å². The number of carbonyl (C=O) groups is 1. The third-order valence-electron chi connectivity index (χ3n) is 6.24. The van der Waals surface area contributed by atoms with Crippen molar-refractivity contribution in [2.45, 2.75) is 49.5 Å². The highest BCUT2D eigenvalue weighted by Crippen LogP contribution is 2.31. The zero-order valence-electron chi connectivity index (χ0n) is 18.3. The lowest BCUT2D eigenvalue weighted by molar-refractivity contribution is -0.384. The molecule has 2 aliphatic rings. The number of sulfonamides is 1. The van der Waals surface area contributed by atoms with E-state index in [9.17, 15) is 23.3 Å². The molecule has 0 bridgehead atoms. The number of anilines is 1. The SMILES string of the molecule is O=C(c1ccco1)N1CCC(Nc2ccc(S(=O)(=O)N3CCCCCC3)cc2[N+](=O)[O-])CC1. The summed E-state index contributed by atoms with van der Waals surface area (Å²) in [6.07, 6.45) is 6.23. The zero-order valence-corrected chi connectivity index (χ0v) is 19.1. The van der Waals surface area contributed by atoms with E-state index in [0.717, 1.165) is 31.7 Å². The first-order valence-corrected chi connectivity index (χ1v) is 12.7. The minimum Gasteiger partial charge on any atom is -0.459 e. The summed E-state index contributed by atoms with van der Waals surface area (Å²) in [7, 11) is -3.78. The van der Waals surface area contributed by atoms with Gasteiger partial charge in [0.25, 0.3) is 11.6 Å². The number of amides is 1. The van der Waals surface area contributed by atoms with Crippen LogP contribution in [0.5, 0.6) is 0 Å². The maximum absolute atomic E-state index is 13.1. The minimum absolute atomic E-state index is 0.0551. The van der Waals surface area contributed by atoms with Crippen LogP contribution >= 0.6 is 0 Å². The first kappa shape index (κ1) is 23.2. The Morgan fingerprint density at radius 3 is 2.36 bits per heavy atom. The fourth-order valence-electron chi connectivity index (χ4n) is 4.38. The molecule has 33 heavy (non-hydrogen) atoms. The van der Waals surface area contributed by atoms with E-state index in [1.54, 1.807) is 17.0 Å². The van der Waals surface area contributed by atoms with Gasteiger partial charge in [0.05, 0.1) is 16.1 Å². The fraction of sp³-hybridized carbons (Fsp3) is 0.500. The summed E-state index contributed by atoms with van der Waals surface area (Å²) in [5.41, 5.74) is 0.0191. The lowest BCUT2D eigenvalue weighted by Crippen LogP contribution is -2.42. The van der Waals surface area contributed by atoms with Gasteiger partial charge in [0.15, 0.2) is 5.76 Å². The predicted molar refractivity (Wildman–Crippen MR) is 122 cm³/mol. The van der Waals surface area contributed by atoms with Crippen LogP contribution in [0.1, 0.15) is 49.1 Å². The van der Waals surface area contributed by atoms with Gasteiger partial charge >= 0.3 is 0 Å². The summed E-state index contributed by atoms with van der Waals surface area (Å²) in [6.45, 7) is 1.86. The lowest BCUT2D eigenvalue weighted by atomic mass is 10.0. The van der Waals surface area contributed by atoms with Gasteiger partial charge in [-0.1, -0.05) is 12.8 Å². The molecule has 0 unspecified atom stereocenters. The molecule has 2 aliphatic heterocycles. The standard InChI is InChI=1S/C22H28N4O6S/c27-22(21-6-5-15-32-21)24-13-9-17(10-14-24)23-19-8-7-18(16-20(19)26(28)29)33(30,31)25-11-3-1-2-4-12-25/h5-8,15-17,23H,1-4,9-14H2. The number of hydrogen-bond acceptors (Lipinski definition) is 7. The highest BCUT2D eigenvalue weighted by atomic mass is 32.2. The molecule has 1 amide bonds. The Morgan fingerprint density at radius 1 is 1.06 bits per heavy atom. The van der Waals surface area contributed by atoms with Crippen LogP contribution < -0.4 is 5.32 Å². The average molecular weight is 477 g/mol. The van der Waals surface area contributed by atoms with Crippen molar-refractivity contribution in [3.63, 3.8) is 0 Å². The first-order chi connectivity index (χ1) is 15.9. The summed E-state index contributed by atoms with van der Waals surface area (Å²) >= 11 is 0. The number of carbonyl (C=O) groups excluding carboxylic acids is 1. The molecule has 1 aromatic carbocycles. The molecule has 0 aliphatic carbocycles. The molecule has 0 saturated carbocycles. The second kappa shape index (κ2) is 9.92. The van der Waals surface area contributed by atoms with Crippen LogP contribution in [0.2, 0.25) is 0 Å². The van der Waals surface area contributed by atoms with Gasteiger partial charge in [-0.25, -0.2) is 8.42 Å². The molecule has 2 aromatic rings. The van der Waals surface area contributed by atoms with E-state index in [0.29, 0.717) is 44.8 Å². The first-order valence-electron chi connectivity index (χ1n) is 11.2. The van der Waals surface area contributed by atoms with Gasteiger partial charge in [0.2, 0.25) is 10.0 Å². The summed E-state index contributed by atoms with van der Waals surface area (Å²) in [5, 5.41) is 14.9. The van der Waals surface area contributed by atoms with Crippen LogP contribution in [0, 0.1) is 10.1 Å². The molecule has 178 valence electrons. The second-order valence-electron chi connectivity index (χ2n) is 8.44. The van der Waals surface area contributed by atoms with Gasteiger partial charge in [-0.3, -0.25) is 14.9 Å². The number of piperidine rings is 1. The Hall–Kier alpha value is -2.92. The number of hydrogen-bond donors (Lipinski definition) is 1. The lowest BCUT2D eigenvalue weighted by Gasteiger charge is -2.32. The van der Waals surface area contributed by atoms with Crippen LogP contribution in [0.25, 0.3) is 0 Å². The van der Waals surface area contributed by atoms with E-state index in [1.807, 2.05) is 0 Å². The van der Waals surface area contributed by atoms with Gasteiger partial charge in [-0.05, 0) is 49.9 Å². The quantitative estimate of drug-likeness (QED) is 0.500. The molecule has 2 fully saturated rings. The van der Waals surface area contributed by atoms with Gasteiger partial charge < -0.3 is 14.6 Å².